The summed E-state index contributed by atoms with van der Waals surface area (Å²) in [6, 6.07) is 6.00. The van der Waals surface area contributed by atoms with Crippen LogP contribution in [-0.4, -0.2) is 56.6 Å². The van der Waals surface area contributed by atoms with Crippen molar-refractivity contribution in [1.82, 2.24) is 19.6 Å². The topological polar surface area (TPSA) is 58.4 Å². The summed E-state index contributed by atoms with van der Waals surface area (Å²) in [5, 5.41) is 5.37. The van der Waals surface area contributed by atoms with E-state index in [1.54, 1.807) is 4.68 Å². The van der Waals surface area contributed by atoms with Crippen LogP contribution in [0.3, 0.4) is 0 Å². The Morgan fingerprint density at radius 1 is 1.21 bits per heavy atom. The molecule has 1 saturated carbocycles. The van der Waals surface area contributed by atoms with Gasteiger partial charge in [0.2, 0.25) is 5.91 Å². The number of carbonyl (C=O) groups excluding carboxylic acids is 2. The molecule has 6 rings (SSSR count). The Morgan fingerprint density at radius 3 is 2.59 bits per heavy atom. The molecule has 29 heavy (non-hydrogen) atoms. The summed E-state index contributed by atoms with van der Waals surface area (Å²) < 4.78 is 1.77. The monoisotopic (exact) mass is 392 g/mol. The summed E-state index contributed by atoms with van der Waals surface area (Å²) in [5.41, 5.74) is 1.46. The van der Waals surface area contributed by atoms with Crippen LogP contribution in [0.1, 0.15) is 48.9 Å². The maximum Gasteiger partial charge on any atom is 0.254 e. The average Bonchev–Trinajstić information content (AvgIpc) is 3.44. The number of piperazine rings is 1. The van der Waals surface area contributed by atoms with E-state index in [1.807, 2.05) is 42.4 Å². The average molecular weight is 393 g/mol. The van der Waals surface area contributed by atoms with Crippen molar-refractivity contribution in [3.05, 3.63) is 42.6 Å². The van der Waals surface area contributed by atoms with Crippen molar-refractivity contribution < 1.29 is 9.59 Å². The van der Waals surface area contributed by atoms with Crippen molar-refractivity contribution in [2.75, 3.05) is 13.1 Å². The molecule has 1 aromatic carbocycles. The molecular formula is C23H28N4O2. The van der Waals surface area contributed by atoms with E-state index in [0.717, 1.165) is 49.4 Å². The third kappa shape index (κ3) is 3.05. The number of rotatable bonds is 5. The van der Waals surface area contributed by atoms with Gasteiger partial charge in [-0.3, -0.25) is 14.3 Å². The summed E-state index contributed by atoms with van der Waals surface area (Å²) in [7, 11) is 1.89. The maximum atomic E-state index is 13.3. The minimum absolute atomic E-state index is 0.0744. The van der Waals surface area contributed by atoms with Crippen LogP contribution in [0.2, 0.25) is 0 Å². The number of allylic oxidation sites excluding steroid dienone is 1. The Hall–Kier alpha value is -2.63. The van der Waals surface area contributed by atoms with E-state index >= 15 is 0 Å². The molecule has 4 heterocycles. The SMILES string of the molecule is C=CCCC1(C(=O)N2CC3CCC2CN3C(=O)c2ccc3nn(C)cc3c2)CC1. The van der Waals surface area contributed by atoms with Gasteiger partial charge in [-0.15, -0.1) is 6.58 Å². The van der Waals surface area contributed by atoms with Gasteiger partial charge in [0, 0.05) is 54.8 Å². The van der Waals surface area contributed by atoms with Crippen LogP contribution in [0.5, 0.6) is 0 Å². The van der Waals surface area contributed by atoms with E-state index in [9.17, 15) is 9.59 Å². The lowest BCUT2D eigenvalue weighted by atomic mass is 9.87. The molecule has 2 amide bonds. The second-order valence-electron chi connectivity index (χ2n) is 8.98. The Balaban J connectivity index is 1.32. The number of nitrogens with zero attached hydrogens (tertiary/aromatic N) is 4. The molecule has 152 valence electrons. The molecule has 0 N–H and O–H groups in total. The lowest BCUT2D eigenvalue weighted by molar-refractivity contribution is -0.146. The maximum absolute atomic E-state index is 13.3. The fourth-order valence-electron chi connectivity index (χ4n) is 5.18. The van der Waals surface area contributed by atoms with E-state index in [0.29, 0.717) is 24.6 Å². The first-order valence-corrected chi connectivity index (χ1v) is 10.7. The standard InChI is InChI=1S/C23H28N4O2/c1-3-4-9-23(10-11-23)22(29)27-15-18-6-7-19(27)14-26(18)21(28)16-5-8-20-17(12-16)13-25(2)24-20/h3,5,8,12-13,18-19H,1,4,6-7,9-11,14-15H2,2H3. The number of fused-ring (bicyclic) bond motifs is 4. The summed E-state index contributed by atoms with van der Waals surface area (Å²) in [4.78, 5) is 30.6. The van der Waals surface area contributed by atoms with Gasteiger partial charge in [0.1, 0.15) is 0 Å². The quantitative estimate of drug-likeness (QED) is 0.735. The van der Waals surface area contributed by atoms with Crippen molar-refractivity contribution in [3.8, 4) is 0 Å². The van der Waals surface area contributed by atoms with Gasteiger partial charge in [0.15, 0.2) is 0 Å². The zero-order valence-corrected chi connectivity index (χ0v) is 17.0. The van der Waals surface area contributed by atoms with Gasteiger partial charge in [-0.25, -0.2) is 0 Å². The summed E-state index contributed by atoms with van der Waals surface area (Å²) in [5.74, 6) is 0.392. The van der Waals surface area contributed by atoms with E-state index < -0.39 is 0 Å². The first kappa shape index (κ1) is 18.4. The lowest BCUT2D eigenvalue weighted by Crippen LogP contribution is -2.66. The number of benzene rings is 1. The van der Waals surface area contributed by atoms with Crippen molar-refractivity contribution in [2.24, 2.45) is 12.5 Å². The third-order valence-electron chi connectivity index (χ3n) is 7.05. The summed E-state index contributed by atoms with van der Waals surface area (Å²) >= 11 is 0. The molecule has 2 atom stereocenters. The van der Waals surface area contributed by atoms with E-state index in [-0.39, 0.29) is 23.4 Å². The molecule has 0 radical (unpaired) electrons. The van der Waals surface area contributed by atoms with Crippen LogP contribution in [-0.2, 0) is 11.8 Å². The molecule has 1 aromatic heterocycles. The first-order valence-electron chi connectivity index (χ1n) is 10.7. The Morgan fingerprint density at radius 2 is 1.93 bits per heavy atom. The number of amides is 2. The van der Waals surface area contributed by atoms with Crippen molar-refractivity contribution in [1.29, 1.82) is 0 Å². The van der Waals surface area contributed by atoms with Gasteiger partial charge >= 0.3 is 0 Å². The van der Waals surface area contributed by atoms with Crippen LogP contribution in [0.15, 0.2) is 37.1 Å². The molecule has 3 saturated heterocycles. The number of aromatic nitrogens is 2. The minimum Gasteiger partial charge on any atom is -0.335 e. The van der Waals surface area contributed by atoms with Gasteiger partial charge in [0.25, 0.3) is 5.91 Å². The molecule has 1 aliphatic carbocycles. The van der Waals surface area contributed by atoms with E-state index in [4.69, 9.17) is 0 Å². The van der Waals surface area contributed by atoms with Crippen LogP contribution in [0, 0.1) is 5.41 Å². The van der Waals surface area contributed by atoms with Gasteiger partial charge in [-0.05, 0) is 56.7 Å². The van der Waals surface area contributed by atoms with Gasteiger partial charge in [-0.2, -0.15) is 5.10 Å². The number of hydrogen-bond acceptors (Lipinski definition) is 3. The third-order valence-corrected chi connectivity index (χ3v) is 7.05. The smallest absolute Gasteiger partial charge is 0.254 e. The molecule has 0 spiro atoms. The van der Waals surface area contributed by atoms with E-state index in [1.165, 1.54) is 0 Å². The molecular weight excluding hydrogens is 364 g/mol. The number of aryl methyl sites for hydroxylation is 1. The van der Waals surface area contributed by atoms with Gasteiger partial charge in [0.05, 0.1) is 5.52 Å². The van der Waals surface area contributed by atoms with Crippen molar-refractivity contribution in [2.45, 2.75) is 50.6 Å². The molecule has 6 nitrogen and oxygen atoms in total. The van der Waals surface area contributed by atoms with Crippen LogP contribution >= 0.6 is 0 Å². The molecule has 4 fully saturated rings. The normalized spacial score (nSPS) is 24.7. The number of hydrogen-bond donors (Lipinski definition) is 0. The van der Waals surface area contributed by atoms with Gasteiger partial charge in [-0.1, -0.05) is 6.08 Å². The Bertz CT molecular complexity index is 990. The fraction of sp³-hybridized carbons (Fsp3) is 0.522. The lowest BCUT2D eigenvalue weighted by Gasteiger charge is -2.52. The predicted molar refractivity (Wildman–Crippen MR) is 111 cm³/mol. The highest BCUT2D eigenvalue weighted by atomic mass is 16.2. The zero-order chi connectivity index (χ0) is 20.2. The highest BCUT2D eigenvalue weighted by molar-refractivity contribution is 5.98. The number of piperidine rings is 2. The molecule has 2 unspecified atom stereocenters. The van der Waals surface area contributed by atoms with Crippen LogP contribution in [0.4, 0.5) is 0 Å². The van der Waals surface area contributed by atoms with Crippen LogP contribution in [0.25, 0.3) is 10.9 Å². The fourth-order valence-corrected chi connectivity index (χ4v) is 5.18. The molecule has 2 bridgehead atoms. The summed E-state index contributed by atoms with van der Waals surface area (Å²) in [6.07, 6.45) is 9.64. The molecule has 3 aliphatic heterocycles. The molecule has 2 aromatic rings. The largest absolute Gasteiger partial charge is 0.335 e. The van der Waals surface area contributed by atoms with Crippen molar-refractivity contribution >= 4 is 22.7 Å². The minimum atomic E-state index is -0.147. The zero-order valence-electron chi connectivity index (χ0n) is 17.0. The van der Waals surface area contributed by atoms with Crippen LogP contribution < -0.4 is 0 Å². The highest BCUT2D eigenvalue weighted by Crippen LogP contribution is 2.52. The first-order chi connectivity index (χ1) is 14.0. The Labute approximate surface area is 171 Å². The summed E-state index contributed by atoms with van der Waals surface area (Å²) in [6.45, 7) is 5.14. The predicted octanol–water partition coefficient (Wildman–Crippen LogP) is 3.14. The second kappa shape index (κ2) is 6.71. The van der Waals surface area contributed by atoms with Gasteiger partial charge < -0.3 is 9.80 Å². The van der Waals surface area contributed by atoms with E-state index in [2.05, 4.69) is 16.6 Å². The molecule has 4 aliphatic rings. The second-order valence-corrected chi connectivity index (χ2v) is 8.98. The van der Waals surface area contributed by atoms with Crippen molar-refractivity contribution in [3.63, 3.8) is 0 Å². The highest BCUT2D eigenvalue weighted by Gasteiger charge is 2.54. The number of carbonyl (C=O) groups is 2. The molecule has 6 heteroatoms. The Kier molecular flexibility index (Phi) is 4.26.